The molecule has 1 aliphatic carbocycles. The molecule has 0 heterocycles. The van der Waals surface area contributed by atoms with Crippen LogP contribution in [0, 0.1) is 5.41 Å². The zero-order valence-corrected chi connectivity index (χ0v) is 11.5. The molecule has 104 valence electrons. The van der Waals surface area contributed by atoms with Crippen molar-refractivity contribution in [3.8, 4) is 0 Å². The van der Waals surface area contributed by atoms with Crippen molar-refractivity contribution in [2.45, 2.75) is 52.0 Å². The monoisotopic (exact) mass is 256 g/mol. The van der Waals surface area contributed by atoms with Crippen LogP contribution in [0.15, 0.2) is 0 Å². The second kappa shape index (κ2) is 6.07. The summed E-state index contributed by atoms with van der Waals surface area (Å²) < 4.78 is 0. The van der Waals surface area contributed by atoms with Gasteiger partial charge in [-0.15, -0.1) is 0 Å². The first-order valence-electron chi connectivity index (χ1n) is 6.56. The Hall–Kier alpha value is -1.26. The summed E-state index contributed by atoms with van der Waals surface area (Å²) in [5, 5.41) is 11.6. The van der Waals surface area contributed by atoms with Crippen molar-refractivity contribution in [1.82, 2.24) is 10.2 Å². The predicted molar refractivity (Wildman–Crippen MR) is 69.5 cm³/mol. The Morgan fingerprint density at radius 3 is 2.61 bits per heavy atom. The van der Waals surface area contributed by atoms with E-state index in [0.29, 0.717) is 13.0 Å². The topological polar surface area (TPSA) is 69.6 Å². The van der Waals surface area contributed by atoms with Crippen LogP contribution in [0.4, 0.5) is 4.79 Å². The van der Waals surface area contributed by atoms with Crippen molar-refractivity contribution in [1.29, 1.82) is 0 Å². The highest BCUT2D eigenvalue weighted by atomic mass is 16.4. The highest BCUT2D eigenvalue weighted by Gasteiger charge is 2.35. The molecule has 1 fully saturated rings. The largest absolute Gasteiger partial charge is 0.481 e. The van der Waals surface area contributed by atoms with E-state index in [4.69, 9.17) is 5.11 Å². The first kappa shape index (κ1) is 14.8. The van der Waals surface area contributed by atoms with Gasteiger partial charge in [0.05, 0.1) is 0 Å². The van der Waals surface area contributed by atoms with Gasteiger partial charge >= 0.3 is 12.0 Å². The van der Waals surface area contributed by atoms with E-state index in [9.17, 15) is 9.59 Å². The molecule has 1 aliphatic rings. The van der Waals surface area contributed by atoms with E-state index in [1.807, 2.05) is 0 Å². The molecule has 2 N–H and O–H groups in total. The van der Waals surface area contributed by atoms with Crippen LogP contribution in [-0.4, -0.2) is 41.6 Å². The first-order chi connectivity index (χ1) is 8.33. The van der Waals surface area contributed by atoms with Gasteiger partial charge in [-0.1, -0.05) is 20.3 Å². The van der Waals surface area contributed by atoms with Gasteiger partial charge in [0.25, 0.3) is 0 Å². The number of amides is 2. The Bertz CT molecular complexity index is 315. The quantitative estimate of drug-likeness (QED) is 0.791. The van der Waals surface area contributed by atoms with Crippen LogP contribution in [0.1, 0.15) is 46.0 Å². The van der Waals surface area contributed by atoms with Gasteiger partial charge in [-0.05, 0) is 24.7 Å². The molecule has 18 heavy (non-hydrogen) atoms. The molecular weight excluding hydrogens is 232 g/mol. The Balaban J connectivity index is 2.33. The first-order valence-corrected chi connectivity index (χ1v) is 6.56. The van der Waals surface area contributed by atoms with E-state index in [0.717, 1.165) is 19.3 Å². The lowest BCUT2D eigenvalue weighted by Crippen LogP contribution is -2.47. The highest BCUT2D eigenvalue weighted by molar-refractivity contribution is 5.74. The van der Waals surface area contributed by atoms with E-state index >= 15 is 0 Å². The lowest BCUT2D eigenvalue weighted by molar-refractivity contribution is -0.137. The molecule has 2 amide bonds. The molecule has 1 atom stereocenters. The molecule has 0 radical (unpaired) electrons. The van der Waals surface area contributed by atoms with E-state index in [1.54, 1.807) is 11.9 Å². The van der Waals surface area contributed by atoms with Crippen LogP contribution in [0.2, 0.25) is 0 Å². The Morgan fingerprint density at radius 1 is 1.44 bits per heavy atom. The third-order valence-electron chi connectivity index (χ3n) is 3.79. The normalized spacial score (nSPS) is 21.6. The van der Waals surface area contributed by atoms with Gasteiger partial charge in [0.2, 0.25) is 0 Å². The molecule has 0 bridgehead atoms. The maximum atomic E-state index is 11.9. The molecule has 1 saturated carbocycles. The number of carboxylic acid groups (broad SMARTS) is 1. The number of urea groups is 1. The number of nitrogens with one attached hydrogen (secondary N) is 1. The summed E-state index contributed by atoms with van der Waals surface area (Å²) in [6.07, 6.45) is 3.92. The van der Waals surface area contributed by atoms with Gasteiger partial charge in [0.15, 0.2) is 0 Å². The molecular formula is C13H24N2O3. The van der Waals surface area contributed by atoms with Crippen molar-refractivity contribution in [2.24, 2.45) is 5.41 Å². The minimum atomic E-state index is -0.819. The lowest BCUT2D eigenvalue weighted by Gasteiger charge is -2.29. The van der Waals surface area contributed by atoms with Crippen LogP contribution < -0.4 is 5.32 Å². The van der Waals surface area contributed by atoms with Gasteiger partial charge in [-0.3, -0.25) is 4.79 Å². The van der Waals surface area contributed by atoms with E-state index in [1.165, 1.54) is 0 Å². The zero-order chi connectivity index (χ0) is 13.8. The summed E-state index contributed by atoms with van der Waals surface area (Å²) >= 11 is 0. The number of hydrogen-bond acceptors (Lipinski definition) is 2. The smallest absolute Gasteiger partial charge is 0.317 e. The van der Waals surface area contributed by atoms with Crippen LogP contribution in [-0.2, 0) is 4.79 Å². The number of carboxylic acids is 1. The summed E-state index contributed by atoms with van der Waals surface area (Å²) in [6, 6.07) is 0.132. The van der Waals surface area contributed by atoms with E-state index in [2.05, 4.69) is 19.2 Å². The molecule has 5 nitrogen and oxygen atoms in total. The average molecular weight is 256 g/mol. The number of carbonyl (C=O) groups is 2. The molecule has 0 spiro atoms. The molecule has 0 saturated heterocycles. The Kier molecular flexibility index (Phi) is 4.99. The summed E-state index contributed by atoms with van der Waals surface area (Å²) in [5.74, 6) is -0.819. The van der Waals surface area contributed by atoms with E-state index in [-0.39, 0.29) is 23.9 Å². The van der Waals surface area contributed by atoms with Crippen LogP contribution >= 0.6 is 0 Å². The fourth-order valence-electron chi connectivity index (χ4n) is 2.42. The highest BCUT2D eigenvalue weighted by Crippen LogP contribution is 2.37. The van der Waals surface area contributed by atoms with Crippen LogP contribution in [0.5, 0.6) is 0 Å². The van der Waals surface area contributed by atoms with Crippen molar-refractivity contribution < 1.29 is 14.7 Å². The maximum absolute atomic E-state index is 11.9. The van der Waals surface area contributed by atoms with Gasteiger partial charge in [0, 0.05) is 26.1 Å². The number of nitrogens with zero attached hydrogens (tertiary/aromatic N) is 1. The fourth-order valence-corrected chi connectivity index (χ4v) is 2.42. The third kappa shape index (κ3) is 4.20. The van der Waals surface area contributed by atoms with Crippen molar-refractivity contribution in [2.75, 3.05) is 13.6 Å². The van der Waals surface area contributed by atoms with Gasteiger partial charge in [-0.2, -0.15) is 0 Å². The van der Waals surface area contributed by atoms with Gasteiger partial charge in [0.1, 0.15) is 0 Å². The molecule has 5 heteroatoms. The van der Waals surface area contributed by atoms with Gasteiger partial charge in [-0.25, -0.2) is 4.79 Å². The van der Waals surface area contributed by atoms with Crippen molar-refractivity contribution in [3.63, 3.8) is 0 Å². The minimum Gasteiger partial charge on any atom is -0.481 e. The van der Waals surface area contributed by atoms with E-state index < -0.39 is 5.97 Å². The Morgan fingerprint density at radius 2 is 2.11 bits per heavy atom. The SMILES string of the molecule is CN(CCCC(=O)O)C(=O)NC1CCCC1(C)C. The number of hydrogen-bond donors (Lipinski definition) is 2. The third-order valence-corrected chi connectivity index (χ3v) is 3.79. The summed E-state index contributed by atoms with van der Waals surface area (Å²) in [6.45, 7) is 4.83. The van der Waals surface area contributed by atoms with Crippen LogP contribution in [0.25, 0.3) is 0 Å². The number of aliphatic carboxylic acids is 1. The maximum Gasteiger partial charge on any atom is 0.317 e. The summed E-state index contributed by atoms with van der Waals surface area (Å²) in [4.78, 5) is 23.9. The number of carbonyl (C=O) groups excluding carboxylic acids is 1. The van der Waals surface area contributed by atoms with Crippen molar-refractivity contribution >= 4 is 12.0 Å². The fraction of sp³-hybridized carbons (Fsp3) is 0.846. The van der Waals surface area contributed by atoms with Crippen molar-refractivity contribution in [3.05, 3.63) is 0 Å². The molecule has 0 aromatic heterocycles. The van der Waals surface area contributed by atoms with Gasteiger partial charge < -0.3 is 15.3 Å². The second-order valence-corrected chi connectivity index (χ2v) is 5.80. The summed E-state index contributed by atoms with van der Waals surface area (Å²) in [7, 11) is 1.71. The molecule has 0 aliphatic heterocycles. The molecule has 1 rings (SSSR count). The molecule has 0 aromatic carbocycles. The minimum absolute atomic E-state index is 0.0969. The molecule has 1 unspecified atom stereocenters. The Labute approximate surface area is 109 Å². The second-order valence-electron chi connectivity index (χ2n) is 5.80. The zero-order valence-electron chi connectivity index (χ0n) is 11.5. The standard InChI is InChI=1S/C13H24N2O3/c1-13(2)8-4-6-10(13)14-12(18)15(3)9-5-7-11(16)17/h10H,4-9H2,1-3H3,(H,14,18)(H,16,17). The predicted octanol–water partition coefficient (Wildman–Crippen LogP) is 2.07. The number of rotatable bonds is 5. The summed E-state index contributed by atoms with van der Waals surface area (Å²) in [5.41, 5.74) is 0.164. The molecule has 0 aromatic rings. The average Bonchev–Trinajstić information content (AvgIpc) is 2.57. The van der Waals surface area contributed by atoms with Crippen LogP contribution in [0.3, 0.4) is 0 Å². The lowest BCUT2D eigenvalue weighted by atomic mass is 9.87.